The Hall–Kier alpha value is -1.91. The maximum atomic E-state index is 12.5. The van der Waals surface area contributed by atoms with Gasteiger partial charge >= 0.3 is 6.09 Å². The first kappa shape index (κ1) is 11.2. The number of amides is 1. The molecule has 0 heterocycles. The summed E-state index contributed by atoms with van der Waals surface area (Å²) in [5.74, 6) is -0.831. The number of carboxylic acid groups (broad SMARTS) is 1. The fraction of sp³-hybridized carbons (Fsp3) is 0.200. The fourth-order valence-corrected chi connectivity index (χ4v) is 1.11. The van der Waals surface area contributed by atoms with Gasteiger partial charge in [0.1, 0.15) is 5.82 Å². The van der Waals surface area contributed by atoms with Crippen molar-refractivity contribution in [2.75, 3.05) is 0 Å². The predicted octanol–water partition coefficient (Wildman–Crippen LogP) is 1.66. The van der Waals surface area contributed by atoms with Crippen LogP contribution in [0.3, 0.4) is 0 Å². The Morgan fingerprint density at radius 2 is 1.87 bits per heavy atom. The van der Waals surface area contributed by atoms with Crippen molar-refractivity contribution < 1.29 is 19.1 Å². The van der Waals surface area contributed by atoms with E-state index in [1.807, 2.05) is 5.32 Å². The minimum atomic E-state index is -1.27. The smallest absolute Gasteiger partial charge is 0.405 e. The maximum Gasteiger partial charge on any atom is 0.405 e. The molecule has 1 rings (SSSR count). The molecule has 1 amide bonds. The number of hydrogen-bond acceptors (Lipinski definition) is 2. The molecule has 15 heavy (non-hydrogen) atoms. The molecule has 0 aliphatic rings. The average Bonchev–Trinajstić information content (AvgIpc) is 2.17. The van der Waals surface area contributed by atoms with Gasteiger partial charge in [0.05, 0.1) is 6.04 Å². The Morgan fingerprint density at radius 1 is 1.33 bits per heavy atom. The minimum absolute atomic E-state index is 0.276. The number of ketones is 1. The van der Waals surface area contributed by atoms with Gasteiger partial charge in [-0.25, -0.2) is 9.18 Å². The van der Waals surface area contributed by atoms with Gasteiger partial charge in [-0.1, -0.05) is 0 Å². The van der Waals surface area contributed by atoms with E-state index in [0.29, 0.717) is 0 Å². The summed E-state index contributed by atoms with van der Waals surface area (Å²) in [5, 5.41) is 10.4. The van der Waals surface area contributed by atoms with Crippen molar-refractivity contribution >= 4 is 11.9 Å². The van der Waals surface area contributed by atoms with Crippen LogP contribution in [-0.4, -0.2) is 23.0 Å². The van der Waals surface area contributed by atoms with Crippen molar-refractivity contribution in [1.29, 1.82) is 0 Å². The molecule has 1 aromatic carbocycles. The number of hydrogen-bond donors (Lipinski definition) is 2. The van der Waals surface area contributed by atoms with E-state index in [1.54, 1.807) is 0 Å². The number of benzene rings is 1. The molecule has 0 aliphatic heterocycles. The van der Waals surface area contributed by atoms with Crippen LogP contribution in [0.1, 0.15) is 17.3 Å². The highest BCUT2D eigenvalue weighted by molar-refractivity contribution is 6.01. The van der Waals surface area contributed by atoms with Crippen LogP contribution in [0.5, 0.6) is 0 Å². The molecule has 0 saturated heterocycles. The summed E-state index contributed by atoms with van der Waals surface area (Å²) in [6.45, 7) is 1.43. The summed E-state index contributed by atoms with van der Waals surface area (Å²) in [7, 11) is 0. The number of nitrogens with one attached hydrogen (secondary N) is 1. The first-order valence-electron chi connectivity index (χ1n) is 4.30. The van der Waals surface area contributed by atoms with Crippen molar-refractivity contribution in [3.05, 3.63) is 35.6 Å². The van der Waals surface area contributed by atoms with Gasteiger partial charge in [-0.2, -0.15) is 0 Å². The largest absolute Gasteiger partial charge is 0.465 e. The number of carbonyl (C=O) groups excluding carboxylic acids is 1. The van der Waals surface area contributed by atoms with Gasteiger partial charge in [0.25, 0.3) is 0 Å². The summed E-state index contributed by atoms with van der Waals surface area (Å²) in [6, 6.07) is 4.10. The zero-order chi connectivity index (χ0) is 11.4. The van der Waals surface area contributed by atoms with Crippen molar-refractivity contribution in [2.24, 2.45) is 0 Å². The van der Waals surface area contributed by atoms with Gasteiger partial charge in [-0.15, -0.1) is 0 Å². The molecular formula is C10H10FNO3. The lowest BCUT2D eigenvalue weighted by Crippen LogP contribution is -2.37. The summed E-state index contributed by atoms with van der Waals surface area (Å²) in [4.78, 5) is 21.8. The van der Waals surface area contributed by atoms with Gasteiger partial charge in [0.15, 0.2) is 5.78 Å². The third kappa shape index (κ3) is 3.05. The molecule has 1 unspecified atom stereocenters. The number of rotatable bonds is 3. The van der Waals surface area contributed by atoms with Crippen LogP contribution in [0.2, 0.25) is 0 Å². The lowest BCUT2D eigenvalue weighted by atomic mass is 10.1. The second kappa shape index (κ2) is 4.54. The second-order valence-electron chi connectivity index (χ2n) is 3.04. The van der Waals surface area contributed by atoms with E-state index in [0.717, 1.165) is 12.1 Å². The van der Waals surface area contributed by atoms with E-state index in [4.69, 9.17) is 5.11 Å². The molecule has 1 atom stereocenters. The summed E-state index contributed by atoms with van der Waals surface area (Å²) in [6.07, 6.45) is -1.27. The van der Waals surface area contributed by atoms with Crippen LogP contribution in [0.25, 0.3) is 0 Å². The third-order valence-electron chi connectivity index (χ3n) is 1.86. The van der Waals surface area contributed by atoms with Gasteiger partial charge in [-0.3, -0.25) is 4.79 Å². The fourth-order valence-electron chi connectivity index (χ4n) is 1.11. The number of halogens is 1. The minimum Gasteiger partial charge on any atom is -0.465 e. The molecule has 0 bridgehead atoms. The first-order valence-corrected chi connectivity index (χ1v) is 4.30. The van der Waals surface area contributed by atoms with Crippen LogP contribution in [0.4, 0.5) is 9.18 Å². The molecule has 80 valence electrons. The van der Waals surface area contributed by atoms with Crippen molar-refractivity contribution in [1.82, 2.24) is 5.32 Å². The highest BCUT2D eigenvalue weighted by Crippen LogP contribution is 2.05. The van der Waals surface area contributed by atoms with Crippen LogP contribution in [-0.2, 0) is 0 Å². The van der Waals surface area contributed by atoms with E-state index in [-0.39, 0.29) is 5.56 Å². The van der Waals surface area contributed by atoms with Gasteiger partial charge in [0.2, 0.25) is 0 Å². The Bertz CT molecular complexity index is 375. The Kier molecular flexibility index (Phi) is 3.38. The van der Waals surface area contributed by atoms with E-state index in [2.05, 4.69) is 0 Å². The molecule has 0 aromatic heterocycles. The van der Waals surface area contributed by atoms with Gasteiger partial charge < -0.3 is 10.4 Å². The quantitative estimate of drug-likeness (QED) is 0.747. The SMILES string of the molecule is CC(NC(=O)O)C(=O)c1ccc(F)cc1. The number of carbonyl (C=O) groups is 2. The van der Waals surface area contributed by atoms with E-state index >= 15 is 0 Å². The lowest BCUT2D eigenvalue weighted by molar-refractivity contribution is 0.0945. The summed E-state index contributed by atoms with van der Waals surface area (Å²) in [5.41, 5.74) is 0.276. The zero-order valence-corrected chi connectivity index (χ0v) is 8.03. The molecule has 5 heteroatoms. The second-order valence-corrected chi connectivity index (χ2v) is 3.04. The van der Waals surface area contributed by atoms with Crippen LogP contribution >= 0.6 is 0 Å². The third-order valence-corrected chi connectivity index (χ3v) is 1.86. The maximum absolute atomic E-state index is 12.5. The Morgan fingerprint density at radius 3 is 2.33 bits per heavy atom. The monoisotopic (exact) mass is 211 g/mol. The van der Waals surface area contributed by atoms with Gasteiger partial charge in [0, 0.05) is 5.56 Å². The van der Waals surface area contributed by atoms with Gasteiger partial charge in [-0.05, 0) is 31.2 Å². The number of Topliss-reactive ketones (excluding diaryl/α,β-unsaturated/α-hetero) is 1. The van der Waals surface area contributed by atoms with Crippen molar-refractivity contribution in [3.8, 4) is 0 Å². The zero-order valence-electron chi connectivity index (χ0n) is 8.03. The first-order chi connectivity index (χ1) is 7.00. The topological polar surface area (TPSA) is 66.4 Å². The Balaban J connectivity index is 2.76. The van der Waals surface area contributed by atoms with Crippen molar-refractivity contribution in [2.45, 2.75) is 13.0 Å². The van der Waals surface area contributed by atoms with Crippen LogP contribution in [0.15, 0.2) is 24.3 Å². The van der Waals surface area contributed by atoms with E-state index in [9.17, 15) is 14.0 Å². The lowest BCUT2D eigenvalue weighted by Gasteiger charge is -2.09. The average molecular weight is 211 g/mol. The molecule has 0 saturated carbocycles. The molecule has 4 nitrogen and oxygen atoms in total. The standard InChI is InChI=1S/C10H10FNO3/c1-6(12-10(14)15)9(13)7-2-4-8(11)5-3-7/h2-6,12H,1H3,(H,14,15). The highest BCUT2D eigenvalue weighted by Gasteiger charge is 2.16. The molecule has 0 radical (unpaired) electrons. The van der Waals surface area contributed by atoms with E-state index < -0.39 is 23.7 Å². The Labute approximate surface area is 85.7 Å². The molecular weight excluding hydrogens is 201 g/mol. The van der Waals surface area contributed by atoms with Crippen LogP contribution < -0.4 is 5.32 Å². The molecule has 2 N–H and O–H groups in total. The van der Waals surface area contributed by atoms with E-state index in [1.165, 1.54) is 19.1 Å². The van der Waals surface area contributed by atoms with Crippen molar-refractivity contribution in [3.63, 3.8) is 0 Å². The molecule has 1 aromatic rings. The molecule has 0 aliphatic carbocycles. The highest BCUT2D eigenvalue weighted by atomic mass is 19.1. The predicted molar refractivity (Wildman–Crippen MR) is 51.4 cm³/mol. The summed E-state index contributed by atoms with van der Waals surface area (Å²) >= 11 is 0. The summed E-state index contributed by atoms with van der Waals surface area (Å²) < 4.78 is 12.5. The van der Waals surface area contributed by atoms with Crippen LogP contribution in [0, 0.1) is 5.82 Å². The normalized spacial score (nSPS) is 11.9. The molecule has 0 fully saturated rings. The molecule has 0 spiro atoms.